The summed E-state index contributed by atoms with van der Waals surface area (Å²) in [6.07, 6.45) is 2.03. The molecule has 92 valence electrons. The Bertz CT molecular complexity index is 386. The molecule has 0 spiro atoms. The SMILES string of the molecule is CCN(C(=O)C(C)C)C1Cc2ccccc2C1. The highest BCUT2D eigenvalue weighted by atomic mass is 16.2. The molecular formula is C15H21NO. The van der Waals surface area contributed by atoms with Gasteiger partial charge in [0.2, 0.25) is 5.91 Å². The Morgan fingerprint density at radius 1 is 1.29 bits per heavy atom. The highest BCUT2D eigenvalue weighted by molar-refractivity contribution is 5.78. The summed E-state index contributed by atoms with van der Waals surface area (Å²) in [4.78, 5) is 14.2. The highest BCUT2D eigenvalue weighted by Gasteiger charge is 2.29. The average Bonchev–Trinajstić information content (AvgIpc) is 2.72. The first-order valence-corrected chi connectivity index (χ1v) is 6.50. The van der Waals surface area contributed by atoms with Crippen molar-refractivity contribution < 1.29 is 4.79 Å². The Morgan fingerprint density at radius 3 is 2.24 bits per heavy atom. The second-order valence-electron chi connectivity index (χ2n) is 5.11. The predicted molar refractivity (Wildman–Crippen MR) is 69.9 cm³/mol. The van der Waals surface area contributed by atoms with E-state index in [-0.39, 0.29) is 11.8 Å². The zero-order valence-electron chi connectivity index (χ0n) is 10.9. The molecule has 2 rings (SSSR count). The zero-order valence-corrected chi connectivity index (χ0v) is 10.9. The van der Waals surface area contributed by atoms with Crippen LogP contribution in [0.5, 0.6) is 0 Å². The lowest BCUT2D eigenvalue weighted by Crippen LogP contribution is -2.42. The summed E-state index contributed by atoms with van der Waals surface area (Å²) in [5.41, 5.74) is 2.82. The number of rotatable bonds is 3. The van der Waals surface area contributed by atoms with Crippen molar-refractivity contribution in [1.29, 1.82) is 0 Å². The van der Waals surface area contributed by atoms with E-state index in [2.05, 4.69) is 31.2 Å². The summed E-state index contributed by atoms with van der Waals surface area (Å²) < 4.78 is 0. The van der Waals surface area contributed by atoms with E-state index in [0.717, 1.165) is 19.4 Å². The molecule has 0 aliphatic heterocycles. The molecule has 0 aromatic heterocycles. The molecule has 2 heteroatoms. The molecule has 0 saturated heterocycles. The molecule has 1 aliphatic carbocycles. The van der Waals surface area contributed by atoms with Crippen LogP contribution in [-0.2, 0) is 17.6 Å². The lowest BCUT2D eigenvalue weighted by atomic mass is 10.1. The van der Waals surface area contributed by atoms with Crippen molar-refractivity contribution >= 4 is 5.91 Å². The first-order valence-electron chi connectivity index (χ1n) is 6.50. The lowest BCUT2D eigenvalue weighted by Gasteiger charge is -2.29. The number of hydrogen-bond acceptors (Lipinski definition) is 1. The van der Waals surface area contributed by atoms with Crippen molar-refractivity contribution in [2.45, 2.75) is 39.7 Å². The smallest absolute Gasteiger partial charge is 0.225 e. The number of nitrogens with zero attached hydrogens (tertiary/aromatic N) is 1. The molecule has 0 N–H and O–H groups in total. The number of carbonyl (C=O) groups excluding carboxylic acids is 1. The number of likely N-dealkylation sites (N-methyl/N-ethyl adjacent to an activating group) is 1. The van der Waals surface area contributed by atoms with Gasteiger partial charge >= 0.3 is 0 Å². The Kier molecular flexibility index (Phi) is 3.51. The van der Waals surface area contributed by atoms with Gasteiger partial charge in [0.05, 0.1) is 0 Å². The summed E-state index contributed by atoms with van der Waals surface area (Å²) in [5.74, 6) is 0.379. The summed E-state index contributed by atoms with van der Waals surface area (Å²) in [5, 5.41) is 0. The summed E-state index contributed by atoms with van der Waals surface area (Å²) in [6.45, 7) is 6.85. The molecule has 17 heavy (non-hydrogen) atoms. The monoisotopic (exact) mass is 231 g/mol. The average molecular weight is 231 g/mol. The minimum absolute atomic E-state index is 0.0960. The van der Waals surface area contributed by atoms with E-state index in [4.69, 9.17) is 0 Å². The van der Waals surface area contributed by atoms with Crippen LogP contribution >= 0.6 is 0 Å². The van der Waals surface area contributed by atoms with Gasteiger partial charge in [0.1, 0.15) is 0 Å². The van der Waals surface area contributed by atoms with Crippen molar-refractivity contribution in [1.82, 2.24) is 4.90 Å². The second-order valence-corrected chi connectivity index (χ2v) is 5.11. The van der Waals surface area contributed by atoms with Crippen LogP contribution < -0.4 is 0 Å². The van der Waals surface area contributed by atoms with Gasteiger partial charge in [0.25, 0.3) is 0 Å². The fourth-order valence-corrected chi connectivity index (χ4v) is 2.68. The summed E-state index contributed by atoms with van der Waals surface area (Å²) in [6, 6.07) is 8.91. The van der Waals surface area contributed by atoms with Crippen LogP contribution in [0.1, 0.15) is 31.9 Å². The van der Waals surface area contributed by atoms with Gasteiger partial charge in [-0.15, -0.1) is 0 Å². The summed E-state index contributed by atoms with van der Waals surface area (Å²) >= 11 is 0. The molecule has 0 fully saturated rings. The van der Waals surface area contributed by atoms with Gasteiger partial charge in [0, 0.05) is 18.5 Å². The Morgan fingerprint density at radius 2 is 1.82 bits per heavy atom. The van der Waals surface area contributed by atoms with Crippen LogP contribution in [0, 0.1) is 5.92 Å². The molecular weight excluding hydrogens is 210 g/mol. The quantitative estimate of drug-likeness (QED) is 0.783. The third-order valence-electron chi connectivity index (χ3n) is 3.59. The number of fused-ring (bicyclic) bond motifs is 1. The maximum atomic E-state index is 12.1. The molecule has 0 radical (unpaired) electrons. The molecule has 1 amide bonds. The normalized spacial score (nSPS) is 15.1. The number of hydrogen-bond donors (Lipinski definition) is 0. The van der Waals surface area contributed by atoms with Gasteiger partial charge in [0.15, 0.2) is 0 Å². The van der Waals surface area contributed by atoms with E-state index in [9.17, 15) is 4.79 Å². The van der Waals surface area contributed by atoms with Crippen LogP contribution in [0.25, 0.3) is 0 Å². The first-order chi connectivity index (χ1) is 8.13. The highest BCUT2D eigenvalue weighted by Crippen LogP contribution is 2.26. The van der Waals surface area contributed by atoms with Crippen molar-refractivity contribution in [2.24, 2.45) is 5.92 Å². The van der Waals surface area contributed by atoms with E-state index in [0.29, 0.717) is 6.04 Å². The van der Waals surface area contributed by atoms with Gasteiger partial charge in [-0.2, -0.15) is 0 Å². The summed E-state index contributed by atoms with van der Waals surface area (Å²) in [7, 11) is 0. The van der Waals surface area contributed by atoms with Crippen molar-refractivity contribution in [2.75, 3.05) is 6.54 Å². The molecule has 0 unspecified atom stereocenters. The van der Waals surface area contributed by atoms with Gasteiger partial charge in [-0.1, -0.05) is 38.1 Å². The van der Waals surface area contributed by atoms with E-state index in [1.165, 1.54) is 11.1 Å². The Hall–Kier alpha value is -1.31. The van der Waals surface area contributed by atoms with E-state index < -0.39 is 0 Å². The van der Waals surface area contributed by atoms with E-state index in [1.54, 1.807) is 0 Å². The van der Waals surface area contributed by atoms with Crippen LogP contribution in [0.3, 0.4) is 0 Å². The molecule has 1 aliphatic rings. The van der Waals surface area contributed by atoms with Crippen LogP contribution in [0.15, 0.2) is 24.3 Å². The topological polar surface area (TPSA) is 20.3 Å². The third kappa shape index (κ3) is 2.36. The first kappa shape index (κ1) is 12.2. The molecule has 1 aromatic carbocycles. The standard InChI is InChI=1S/C15H21NO/c1-4-16(15(17)11(2)3)14-9-12-7-5-6-8-13(12)10-14/h5-8,11,14H,4,9-10H2,1-3H3. The van der Waals surface area contributed by atoms with Gasteiger partial charge < -0.3 is 4.90 Å². The minimum Gasteiger partial charge on any atom is -0.339 e. The van der Waals surface area contributed by atoms with Crippen molar-refractivity contribution in [3.05, 3.63) is 35.4 Å². The minimum atomic E-state index is 0.0960. The number of benzene rings is 1. The molecule has 0 bridgehead atoms. The molecule has 0 saturated carbocycles. The van der Waals surface area contributed by atoms with E-state index in [1.807, 2.05) is 18.7 Å². The van der Waals surface area contributed by atoms with Gasteiger partial charge in [-0.3, -0.25) is 4.79 Å². The fourth-order valence-electron chi connectivity index (χ4n) is 2.68. The van der Waals surface area contributed by atoms with E-state index >= 15 is 0 Å². The maximum absolute atomic E-state index is 12.1. The van der Waals surface area contributed by atoms with Gasteiger partial charge in [-0.25, -0.2) is 0 Å². The zero-order chi connectivity index (χ0) is 12.4. The molecule has 0 heterocycles. The van der Waals surface area contributed by atoms with Crippen LogP contribution in [-0.4, -0.2) is 23.4 Å². The molecule has 1 aromatic rings. The predicted octanol–water partition coefficient (Wildman–Crippen LogP) is 2.66. The lowest BCUT2D eigenvalue weighted by molar-refractivity contribution is -0.136. The maximum Gasteiger partial charge on any atom is 0.225 e. The largest absolute Gasteiger partial charge is 0.339 e. The third-order valence-corrected chi connectivity index (χ3v) is 3.59. The number of amides is 1. The van der Waals surface area contributed by atoms with Crippen molar-refractivity contribution in [3.8, 4) is 0 Å². The fraction of sp³-hybridized carbons (Fsp3) is 0.533. The molecule has 2 nitrogen and oxygen atoms in total. The van der Waals surface area contributed by atoms with Crippen LogP contribution in [0.4, 0.5) is 0 Å². The molecule has 0 atom stereocenters. The number of carbonyl (C=O) groups is 1. The van der Waals surface area contributed by atoms with Crippen molar-refractivity contribution in [3.63, 3.8) is 0 Å². The Balaban J connectivity index is 2.13. The second kappa shape index (κ2) is 4.91. The Labute approximate surface area is 104 Å². The van der Waals surface area contributed by atoms with Crippen LogP contribution in [0.2, 0.25) is 0 Å². The van der Waals surface area contributed by atoms with Gasteiger partial charge in [-0.05, 0) is 30.9 Å².